The van der Waals surface area contributed by atoms with Crippen LogP contribution < -0.4 is 0 Å². The molecule has 1 fully saturated rings. The number of hydrogen-bond donors (Lipinski definition) is 0. The van der Waals surface area contributed by atoms with Gasteiger partial charge in [0.25, 0.3) is 0 Å². The van der Waals surface area contributed by atoms with Crippen molar-refractivity contribution in [2.75, 3.05) is 13.2 Å². The Bertz CT molecular complexity index is 183. The quantitative estimate of drug-likeness (QED) is 0.464. The zero-order chi connectivity index (χ0) is 8.97. The summed E-state index contributed by atoms with van der Waals surface area (Å²) in [5.74, 6) is -0.338. The fourth-order valence-corrected chi connectivity index (χ4v) is 1.33. The second-order valence-electron chi connectivity index (χ2n) is 2.65. The molecule has 12 heavy (non-hydrogen) atoms. The van der Waals surface area contributed by atoms with Crippen LogP contribution >= 0.6 is 0 Å². The standard InChI is InChI=1S/C7H12N2O3/c1-2-12-7(10)6-4-3-5-9(6)8-11/h6H,2-5H2,1H3. The Hall–Kier alpha value is -1.13. The minimum Gasteiger partial charge on any atom is -0.464 e. The van der Waals surface area contributed by atoms with Crippen LogP contribution in [0, 0.1) is 4.91 Å². The number of ether oxygens (including phenoxy) is 1. The van der Waals surface area contributed by atoms with Crippen molar-refractivity contribution >= 4 is 5.97 Å². The minimum atomic E-state index is -0.442. The Balaban J connectivity index is 2.49. The Morgan fingerprint density at radius 2 is 2.50 bits per heavy atom. The van der Waals surface area contributed by atoms with E-state index in [1.54, 1.807) is 6.92 Å². The van der Waals surface area contributed by atoms with E-state index in [0.29, 0.717) is 19.6 Å². The molecule has 1 aliphatic rings. The van der Waals surface area contributed by atoms with Crippen LogP contribution in [0.15, 0.2) is 5.29 Å². The van der Waals surface area contributed by atoms with Crippen LogP contribution in [0.5, 0.6) is 0 Å². The molecule has 0 aromatic rings. The van der Waals surface area contributed by atoms with E-state index in [-0.39, 0.29) is 5.97 Å². The van der Waals surface area contributed by atoms with Gasteiger partial charge in [-0.15, -0.1) is 4.91 Å². The SMILES string of the molecule is CCOC(=O)C1CCCN1N=O. The zero-order valence-electron chi connectivity index (χ0n) is 7.02. The third-order valence-electron chi connectivity index (χ3n) is 1.89. The number of nitroso groups, excluding NO2 is 1. The molecule has 0 amide bonds. The molecule has 0 aromatic carbocycles. The fraction of sp³-hybridized carbons (Fsp3) is 0.857. The predicted octanol–water partition coefficient (Wildman–Crippen LogP) is 0.695. The Morgan fingerprint density at radius 1 is 1.75 bits per heavy atom. The number of esters is 1. The summed E-state index contributed by atoms with van der Waals surface area (Å²) < 4.78 is 4.78. The van der Waals surface area contributed by atoms with Crippen LogP contribution in [-0.4, -0.2) is 30.2 Å². The van der Waals surface area contributed by atoms with E-state index in [1.807, 2.05) is 0 Å². The van der Waals surface area contributed by atoms with Crippen molar-refractivity contribution < 1.29 is 9.53 Å². The molecule has 1 atom stereocenters. The molecule has 0 bridgehead atoms. The summed E-state index contributed by atoms with van der Waals surface area (Å²) in [6, 6.07) is -0.442. The molecule has 1 rings (SSSR count). The topological polar surface area (TPSA) is 59.0 Å². The van der Waals surface area contributed by atoms with Gasteiger partial charge in [0.05, 0.1) is 11.9 Å². The first-order valence-electron chi connectivity index (χ1n) is 4.06. The first kappa shape index (κ1) is 8.96. The van der Waals surface area contributed by atoms with Crippen molar-refractivity contribution in [3.63, 3.8) is 0 Å². The minimum absolute atomic E-state index is 0.338. The van der Waals surface area contributed by atoms with Gasteiger partial charge in [-0.2, -0.15) is 0 Å². The summed E-state index contributed by atoms with van der Waals surface area (Å²) in [7, 11) is 0. The van der Waals surface area contributed by atoms with Crippen LogP contribution in [0.3, 0.4) is 0 Å². The van der Waals surface area contributed by atoms with Gasteiger partial charge in [-0.25, -0.2) is 9.80 Å². The van der Waals surface area contributed by atoms with E-state index in [4.69, 9.17) is 4.74 Å². The lowest BCUT2D eigenvalue weighted by atomic mass is 10.2. The predicted molar refractivity (Wildman–Crippen MR) is 42.2 cm³/mol. The van der Waals surface area contributed by atoms with Crippen LogP contribution in [0.4, 0.5) is 0 Å². The van der Waals surface area contributed by atoms with E-state index in [0.717, 1.165) is 6.42 Å². The summed E-state index contributed by atoms with van der Waals surface area (Å²) in [5, 5.41) is 4.00. The van der Waals surface area contributed by atoms with E-state index in [9.17, 15) is 9.70 Å². The molecule has 1 saturated heterocycles. The first-order valence-corrected chi connectivity index (χ1v) is 4.06. The second kappa shape index (κ2) is 4.04. The summed E-state index contributed by atoms with van der Waals surface area (Å²) in [6.07, 6.45) is 1.50. The Labute approximate surface area is 70.6 Å². The van der Waals surface area contributed by atoms with Gasteiger partial charge in [0.2, 0.25) is 0 Å². The summed E-state index contributed by atoms with van der Waals surface area (Å²) >= 11 is 0. The fourth-order valence-electron chi connectivity index (χ4n) is 1.33. The van der Waals surface area contributed by atoms with Gasteiger partial charge in [0.1, 0.15) is 6.04 Å². The molecule has 1 aliphatic heterocycles. The molecule has 1 heterocycles. The zero-order valence-corrected chi connectivity index (χ0v) is 7.02. The highest BCUT2D eigenvalue weighted by molar-refractivity contribution is 5.76. The molecule has 1 unspecified atom stereocenters. The molecule has 0 saturated carbocycles. The summed E-state index contributed by atoms with van der Waals surface area (Å²) in [5.41, 5.74) is 0. The van der Waals surface area contributed by atoms with Crippen molar-refractivity contribution in [2.45, 2.75) is 25.8 Å². The molecule has 0 aromatic heterocycles. The van der Waals surface area contributed by atoms with Crippen molar-refractivity contribution in [3.05, 3.63) is 4.91 Å². The van der Waals surface area contributed by atoms with Gasteiger partial charge >= 0.3 is 5.97 Å². The van der Waals surface area contributed by atoms with Crippen molar-refractivity contribution in [2.24, 2.45) is 5.29 Å². The normalized spacial score (nSPS) is 22.4. The second-order valence-corrected chi connectivity index (χ2v) is 2.65. The molecule has 0 aliphatic carbocycles. The number of carbonyl (C=O) groups excluding carboxylic acids is 1. The number of carbonyl (C=O) groups is 1. The molecular weight excluding hydrogens is 160 g/mol. The number of nitrogens with zero attached hydrogens (tertiary/aromatic N) is 2. The maximum atomic E-state index is 11.2. The highest BCUT2D eigenvalue weighted by atomic mass is 16.5. The summed E-state index contributed by atoms with van der Waals surface area (Å²) in [6.45, 7) is 2.65. The maximum absolute atomic E-state index is 11.2. The van der Waals surface area contributed by atoms with Crippen molar-refractivity contribution in [1.29, 1.82) is 0 Å². The lowest BCUT2D eigenvalue weighted by molar-refractivity contribution is -0.148. The molecular formula is C7H12N2O3. The molecule has 68 valence electrons. The van der Waals surface area contributed by atoms with Crippen LogP contribution in [0.1, 0.15) is 19.8 Å². The van der Waals surface area contributed by atoms with Gasteiger partial charge in [0.15, 0.2) is 0 Å². The van der Waals surface area contributed by atoms with Crippen LogP contribution in [-0.2, 0) is 9.53 Å². The van der Waals surface area contributed by atoms with Gasteiger partial charge in [-0.3, -0.25) is 0 Å². The summed E-state index contributed by atoms with van der Waals surface area (Å²) in [4.78, 5) is 21.3. The highest BCUT2D eigenvalue weighted by Gasteiger charge is 2.31. The third kappa shape index (κ3) is 1.72. The smallest absolute Gasteiger partial charge is 0.330 e. The van der Waals surface area contributed by atoms with Crippen LogP contribution in [0.25, 0.3) is 0 Å². The third-order valence-corrected chi connectivity index (χ3v) is 1.89. The van der Waals surface area contributed by atoms with Gasteiger partial charge < -0.3 is 4.74 Å². The van der Waals surface area contributed by atoms with E-state index in [2.05, 4.69) is 5.29 Å². The molecule has 0 N–H and O–H groups in total. The number of hydrogen-bond acceptors (Lipinski definition) is 4. The number of rotatable bonds is 3. The monoisotopic (exact) mass is 172 g/mol. The lowest BCUT2D eigenvalue weighted by Crippen LogP contribution is -2.33. The molecule has 5 heteroatoms. The van der Waals surface area contributed by atoms with Gasteiger partial charge in [0, 0.05) is 6.54 Å². The highest BCUT2D eigenvalue weighted by Crippen LogP contribution is 2.18. The average Bonchev–Trinajstić information content (AvgIpc) is 2.51. The lowest BCUT2D eigenvalue weighted by Gasteiger charge is -2.15. The largest absolute Gasteiger partial charge is 0.464 e. The van der Waals surface area contributed by atoms with Crippen molar-refractivity contribution in [3.8, 4) is 0 Å². The Kier molecular flexibility index (Phi) is 3.01. The van der Waals surface area contributed by atoms with Crippen molar-refractivity contribution in [1.82, 2.24) is 5.01 Å². The molecule has 0 radical (unpaired) electrons. The van der Waals surface area contributed by atoms with E-state index >= 15 is 0 Å². The molecule has 5 nitrogen and oxygen atoms in total. The average molecular weight is 172 g/mol. The van der Waals surface area contributed by atoms with E-state index < -0.39 is 6.04 Å². The first-order chi connectivity index (χ1) is 5.79. The van der Waals surface area contributed by atoms with E-state index in [1.165, 1.54) is 5.01 Å². The molecule has 0 spiro atoms. The Morgan fingerprint density at radius 3 is 3.08 bits per heavy atom. The van der Waals surface area contributed by atoms with Gasteiger partial charge in [-0.05, 0) is 19.8 Å². The van der Waals surface area contributed by atoms with Crippen LogP contribution in [0.2, 0.25) is 0 Å². The van der Waals surface area contributed by atoms with Gasteiger partial charge in [-0.1, -0.05) is 0 Å². The maximum Gasteiger partial charge on any atom is 0.330 e.